The predicted molar refractivity (Wildman–Crippen MR) is 121 cm³/mol. The number of hydrogen-bond donors (Lipinski definition) is 2. The minimum Gasteiger partial charge on any atom is -0.349 e. The Kier molecular flexibility index (Phi) is 6.56. The van der Waals surface area contributed by atoms with Crippen LogP contribution in [0, 0.1) is 5.92 Å². The van der Waals surface area contributed by atoms with Crippen molar-refractivity contribution in [1.82, 2.24) is 5.32 Å². The van der Waals surface area contributed by atoms with Crippen LogP contribution in [0.3, 0.4) is 0 Å². The summed E-state index contributed by atoms with van der Waals surface area (Å²) in [5.41, 5.74) is 1.51. The molecule has 0 unspecified atom stereocenters. The van der Waals surface area contributed by atoms with Crippen LogP contribution in [0.5, 0.6) is 0 Å². The molecule has 31 heavy (non-hydrogen) atoms. The van der Waals surface area contributed by atoms with Crippen LogP contribution >= 0.6 is 11.6 Å². The van der Waals surface area contributed by atoms with Crippen molar-refractivity contribution in [2.24, 2.45) is 5.92 Å². The van der Waals surface area contributed by atoms with Gasteiger partial charge in [-0.25, -0.2) is 0 Å². The van der Waals surface area contributed by atoms with Gasteiger partial charge in [-0.2, -0.15) is 0 Å². The van der Waals surface area contributed by atoms with Gasteiger partial charge in [0.2, 0.25) is 11.8 Å². The van der Waals surface area contributed by atoms with Crippen LogP contribution in [0.1, 0.15) is 48.9 Å². The molecular formula is C24H26ClN3O3. The highest BCUT2D eigenvalue weighted by molar-refractivity contribution is 6.34. The minimum atomic E-state index is -0.516. The molecule has 0 bridgehead atoms. The topological polar surface area (TPSA) is 78.5 Å². The molecule has 2 aliphatic rings. The molecule has 1 atom stereocenters. The Morgan fingerprint density at radius 1 is 0.968 bits per heavy atom. The van der Waals surface area contributed by atoms with Crippen molar-refractivity contribution >= 4 is 40.7 Å². The zero-order valence-electron chi connectivity index (χ0n) is 17.3. The number of nitrogens with zero attached hydrogens (tertiary/aromatic N) is 1. The molecule has 1 aliphatic carbocycles. The zero-order chi connectivity index (χ0) is 21.8. The van der Waals surface area contributed by atoms with E-state index in [1.54, 1.807) is 47.4 Å². The molecule has 2 fully saturated rings. The van der Waals surface area contributed by atoms with Crippen LogP contribution in [-0.4, -0.2) is 30.3 Å². The van der Waals surface area contributed by atoms with Crippen LogP contribution < -0.4 is 15.5 Å². The molecule has 0 aromatic heterocycles. The molecule has 7 heteroatoms. The SMILES string of the molecule is O=C(NC1CCCCC1)c1ccccc1NC(=O)[C@@H]1CC(=O)N(c2ccccc2Cl)C1. The van der Waals surface area contributed by atoms with Gasteiger partial charge >= 0.3 is 0 Å². The highest BCUT2D eigenvalue weighted by Crippen LogP contribution is 2.31. The summed E-state index contributed by atoms with van der Waals surface area (Å²) in [6, 6.07) is 14.3. The second kappa shape index (κ2) is 9.52. The number of carbonyl (C=O) groups excluding carboxylic acids is 3. The Bertz CT molecular complexity index is 988. The van der Waals surface area contributed by atoms with Crippen molar-refractivity contribution in [3.05, 3.63) is 59.1 Å². The van der Waals surface area contributed by atoms with Crippen LogP contribution in [0.2, 0.25) is 5.02 Å². The Balaban J connectivity index is 1.44. The number of carbonyl (C=O) groups is 3. The van der Waals surface area contributed by atoms with E-state index in [0.29, 0.717) is 22.0 Å². The molecule has 0 spiro atoms. The van der Waals surface area contributed by atoms with Crippen LogP contribution in [0.25, 0.3) is 0 Å². The summed E-state index contributed by atoms with van der Waals surface area (Å²) in [6.07, 6.45) is 5.55. The van der Waals surface area contributed by atoms with E-state index in [0.717, 1.165) is 25.7 Å². The number of para-hydroxylation sites is 2. The number of nitrogens with one attached hydrogen (secondary N) is 2. The van der Waals surface area contributed by atoms with Gasteiger partial charge in [-0.3, -0.25) is 14.4 Å². The van der Waals surface area contributed by atoms with Crippen LogP contribution in [0.15, 0.2) is 48.5 Å². The summed E-state index contributed by atoms with van der Waals surface area (Å²) in [4.78, 5) is 39.8. The molecule has 2 aromatic carbocycles. The van der Waals surface area contributed by atoms with E-state index >= 15 is 0 Å². The van der Waals surface area contributed by atoms with E-state index in [4.69, 9.17) is 11.6 Å². The third kappa shape index (κ3) is 4.90. The van der Waals surface area contributed by atoms with E-state index in [1.807, 2.05) is 6.07 Å². The van der Waals surface area contributed by atoms with E-state index in [-0.39, 0.29) is 36.7 Å². The molecule has 0 radical (unpaired) electrons. The van der Waals surface area contributed by atoms with Gasteiger partial charge < -0.3 is 15.5 Å². The summed E-state index contributed by atoms with van der Waals surface area (Å²) in [5, 5.41) is 6.43. The molecule has 1 saturated carbocycles. The van der Waals surface area contributed by atoms with E-state index in [2.05, 4.69) is 10.6 Å². The van der Waals surface area contributed by atoms with E-state index in [1.165, 1.54) is 6.42 Å². The first-order valence-electron chi connectivity index (χ1n) is 10.8. The molecule has 1 aliphatic heterocycles. The Morgan fingerprint density at radius 2 is 1.68 bits per heavy atom. The number of benzene rings is 2. The molecule has 1 heterocycles. The first-order chi connectivity index (χ1) is 15.0. The summed E-state index contributed by atoms with van der Waals surface area (Å²) >= 11 is 6.22. The van der Waals surface area contributed by atoms with Gasteiger partial charge in [0.05, 0.1) is 27.9 Å². The van der Waals surface area contributed by atoms with Gasteiger partial charge in [0.15, 0.2) is 0 Å². The van der Waals surface area contributed by atoms with Crippen molar-refractivity contribution in [2.75, 3.05) is 16.8 Å². The van der Waals surface area contributed by atoms with Crippen molar-refractivity contribution in [3.63, 3.8) is 0 Å². The van der Waals surface area contributed by atoms with Gasteiger partial charge in [0.1, 0.15) is 0 Å². The number of anilines is 2. The highest BCUT2D eigenvalue weighted by atomic mass is 35.5. The summed E-state index contributed by atoms with van der Waals surface area (Å²) < 4.78 is 0. The average Bonchev–Trinajstić information content (AvgIpc) is 3.16. The van der Waals surface area contributed by atoms with Gasteiger partial charge in [0, 0.05) is 19.0 Å². The zero-order valence-corrected chi connectivity index (χ0v) is 18.0. The van der Waals surface area contributed by atoms with Gasteiger partial charge in [-0.05, 0) is 37.1 Å². The lowest BCUT2D eigenvalue weighted by Crippen LogP contribution is -2.36. The summed E-state index contributed by atoms with van der Waals surface area (Å²) in [6.45, 7) is 0.255. The Morgan fingerprint density at radius 3 is 2.45 bits per heavy atom. The largest absolute Gasteiger partial charge is 0.349 e. The van der Waals surface area contributed by atoms with Crippen LogP contribution in [-0.2, 0) is 9.59 Å². The highest BCUT2D eigenvalue weighted by Gasteiger charge is 2.36. The molecular weight excluding hydrogens is 414 g/mol. The van der Waals surface area contributed by atoms with Gasteiger partial charge in [-0.15, -0.1) is 0 Å². The normalized spacial score (nSPS) is 19.3. The van der Waals surface area contributed by atoms with E-state index < -0.39 is 5.92 Å². The lowest BCUT2D eigenvalue weighted by molar-refractivity contribution is -0.122. The van der Waals surface area contributed by atoms with Crippen molar-refractivity contribution in [2.45, 2.75) is 44.6 Å². The van der Waals surface area contributed by atoms with Crippen molar-refractivity contribution in [1.29, 1.82) is 0 Å². The molecule has 4 rings (SSSR count). The maximum atomic E-state index is 12.9. The number of rotatable bonds is 5. The third-order valence-corrected chi connectivity index (χ3v) is 6.33. The smallest absolute Gasteiger partial charge is 0.253 e. The first kappa shape index (κ1) is 21.4. The average molecular weight is 440 g/mol. The van der Waals surface area contributed by atoms with Crippen molar-refractivity contribution in [3.8, 4) is 0 Å². The third-order valence-electron chi connectivity index (χ3n) is 6.01. The second-order valence-electron chi connectivity index (χ2n) is 8.20. The predicted octanol–water partition coefficient (Wildman–Crippen LogP) is 4.39. The fraction of sp³-hybridized carbons (Fsp3) is 0.375. The Hall–Kier alpha value is -2.86. The van der Waals surface area contributed by atoms with E-state index in [9.17, 15) is 14.4 Å². The fourth-order valence-corrected chi connectivity index (χ4v) is 4.56. The maximum Gasteiger partial charge on any atom is 0.253 e. The van der Waals surface area contributed by atoms with Gasteiger partial charge in [0.25, 0.3) is 5.91 Å². The monoisotopic (exact) mass is 439 g/mol. The minimum absolute atomic E-state index is 0.105. The molecule has 3 amide bonds. The summed E-state index contributed by atoms with van der Waals surface area (Å²) in [7, 11) is 0. The second-order valence-corrected chi connectivity index (χ2v) is 8.61. The molecule has 162 valence electrons. The van der Waals surface area contributed by atoms with Crippen molar-refractivity contribution < 1.29 is 14.4 Å². The number of amides is 3. The lowest BCUT2D eigenvalue weighted by atomic mass is 9.95. The number of halogens is 1. The molecule has 1 saturated heterocycles. The number of hydrogen-bond acceptors (Lipinski definition) is 3. The van der Waals surface area contributed by atoms with Crippen LogP contribution in [0.4, 0.5) is 11.4 Å². The first-order valence-corrected chi connectivity index (χ1v) is 11.2. The maximum absolute atomic E-state index is 12.9. The molecule has 2 aromatic rings. The quantitative estimate of drug-likeness (QED) is 0.725. The molecule has 2 N–H and O–H groups in total. The summed E-state index contributed by atoms with van der Waals surface area (Å²) in [5.74, 6) is -1.11. The standard InChI is InChI=1S/C24H26ClN3O3/c25-19-11-5-7-13-21(19)28-15-16(14-22(28)29)23(30)27-20-12-6-4-10-18(20)24(31)26-17-8-2-1-3-9-17/h4-7,10-13,16-17H,1-3,8-9,14-15H2,(H,26,31)(H,27,30)/t16-/m1/s1. The van der Waals surface area contributed by atoms with Gasteiger partial charge in [-0.1, -0.05) is 55.1 Å². The Labute approximate surface area is 187 Å². The fourth-order valence-electron chi connectivity index (χ4n) is 4.32. The lowest BCUT2D eigenvalue weighted by Gasteiger charge is -2.23. The molecule has 6 nitrogen and oxygen atoms in total.